The first-order valence-corrected chi connectivity index (χ1v) is 10.6. The van der Waals surface area contributed by atoms with Gasteiger partial charge in [0.25, 0.3) is 0 Å². The molecule has 2 saturated heterocycles. The van der Waals surface area contributed by atoms with E-state index in [1.165, 1.54) is 17.5 Å². The predicted octanol–water partition coefficient (Wildman–Crippen LogP) is 2.34. The van der Waals surface area contributed by atoms with Gasteiger partial charge < -0.3 is 19.7 Å². The molecule has 6 nitrogen and oxygen atoms in total. The molecule has 0 saturated carbocycles. The number of nitrogens with one attached hydrogen (secondary N) is 1. The van der Waals surface area contributed by atoms with Gasteiger partial charge in [-0.05, 0) is 31.4 Å². The molecule has 28 heavy (non-hydrogen) atoms. The van der Waals surface area contributed by atoms with E-state index in [-0.39, 0.29) is 0 Å². The number of nitrogens with zero attached hydrogens (tertiary/aromatic N) is 3. The average Bonchev–Trinajstić information content (AvgIpc) is 3.14. The first-order valence-electron chi connectivity index (χ1n) is 10.6. The molecule has 3 rings (SSSR count). The third-order valence-electron chi connectivity index (χ3n) is 5.46. The van der Waals surface area contributed by atoms with Crippen molar-refractivity contribution in [1.82, 2.24) is 15.1 Å². The number of benzene rings is 1. The summed E-state index contributed by atoms with van der Waals surface area (Å²) in [5.41, 5.74) is 2.62. The molecule has 0 amide bonds. The van der Waals surface area contributed by atoms with Gasteiger partial charge in [0.2, 0.25) is 0 Å². The number of morpholine rings is 1. The lowest BCUT2D eigenvalue weighted by Crippen LogP contribution is -2.40. The maximum Gasteiger partial charge on any atom is 0.194 e. The fraction of sp³-hybridized carbons (Fsp3) is 0.682. The Hall–Kier alpha value is -1.63. The Morgan fingerprint density at radius 1 is 1.29 bits per heavy atom. The summed E-state index contributed by atoms with van der Waals surface area (Å²) in [6.07, 6.45) is 1.50. The molecule has 1 N–H and O–H groups in total. The Bertz CT molecular complexity index is 637. The Kier molecular flexibility index (Phi) is 8.13. The van der Waals surface area contributed by atoms with Crippen molar-refractivity contribution in [3.8, 4) is 0 Å². The zero-order valence-corrected chi connectivity index (χ0v) is 17.7. The van der Waals surface area contributed by atoms with Crippen molar-refractivity contribution in [2.75, 3.05) is 53.0 Å². The summed E-state index contributed by atoms with van der Waals surface area (Å²) in [5, 5.41) is 3.46. The topological polar surface area (TPSA) is 49.3 Å². The molecular weight excluding hydrogens is 352 g/mol. The SMILES string of the molecule is CCNC(=NCc1cccc(CN2CCOC(C)C2)c1)N1CCC(COC)C1. The van der Waals surface area contributed by atoms with Crippen LogP contribution in [-0.4, -0.2) is 74.9 Å². The fourth-order valence-electron chi connectivity index (χ4n) is 4.11. The lowest BCUT2D eigenvalue weighted by molar-refractivity contribution is -0.0212. The largest absolute Gasteiger partial charge is 0.384 e. The lowest BCUT2D eigenvalue weighted by Gasteiger charge is -2.31. The minimum atomic E-state index is 0.326. The second-order valence-electron chi connectivity index (χ2n) is 7.96. The zero-order chi connectivity index (χ0) is 19.8. The molecule has 2 heterocycles. The Morgan fingerprint density at radius 2 is 2.14 bits per heavy atom. The number of methoxy groups -OCH3 is 1. The number of aliphatic imine (C=N–C) groups is 1. The summed E-state index contributed by atoms with van der Waals surface area (Å²) in [4.78, 5) is 9.76. The van der Waals surface area contributed by atoms with E-state index >= 15 is 0 Å². The van der Waals surface area contributed by atoms with Gasteiger partial charge in [0.1, 0.15) is 0 Å². The minimum Gasteiger partial charge on any atom is -0.384 e. The van der Waals surface area contributed by atoms with Gasteiger partial charge in [0.05, 0.1) is 25.9 Å². The number of rotatable bonds is 7. The van der Waals surface area contributed by atoms with Crippen LogP contribution in [0.2, 0.25) is 0 Å². The van der Waals surface area contributed by atoms with Crippen LogP contribution in [0.3, 0.4) is 0 Å². The van der Waals surface area contributed by atoms with Gasteiger partial charge in [-0.15, -0.1) is 0 Å². The van der Waals surface area contributed by atoms with Crippen LogP contribution in [0, 0.1) is 5.92 Å². The molecule has 2 atom stereocenters. The van der Waals surface area contributed by atoms with E-state index in [2.05, 4.69) is 53.2 Å². The van der Waals surface area contributed by atoms with Crippen molar-refractivity contribution in [3.63, 3.8) is 0 Å². The van der Waals surface area contributed by atoms with Crippen molar-refractivity contribution in [2.24, 2.45) is 10.9 Å². The summed E-state index contributed by atoms with van der Waals surface area (Å²) in [5.74, 6) is 1.63. The van der Waals surface area contributed by atoms with Gasteiger partial charge in [-0.2, -0.15) is 0 Å². The summed E-state index contributed by atoms with van der Waals surface area (Å²) in [6, 6.07) is 8.84. The van der Waals surface area contributed by atoms with Crippen LogP contribution < -0.4 is 5.32 Å². The minimum absolute atomic E-state index is 0.326. The molecular formula is C22H36N4O2. The van der Waals surface area contributed by atoms with Crippen molar-refractivity contribution in [3.05, 3.63) is 35.4 Å². The molecule has 0 spiro atoms. The highest BCUT2D eigenvalue weighted by Gasteiger charge is 2.24. The molecule has 6 heteroatoms. The molecule has 156 valence electrons. The van der Waals surface area contributed by atoms with Crippen molar-refractivity contribution in [2.45, 2.75) is 39.5 Å². The van der Waals surface area contributed by atoms with E-state index in [4.69, 9.17) is 14.5 Å². The first-order chi connectivity index (χ1) is 13.7. The van der Waals surface area contributed by atoms with E-state index < -0.39 is 0 Å². The molecule has 2 aliphatic rings. The molecule has 0 aromatic heterocycles. The summed E-state index contributed by atoms with van der Waals surface area (Å²) < 4.78 is 11.0. The van der Waals surface area contributed by atoms with Crippen molar-refractivity contribution in [1.29, 1.82) is 0 Å². The van der Waals surface area contributed by atoms with Crippen molar-refractivity contribution >= 4 is 5.96 Å². The highest BCUT2D eigenvalue weighted by molar-refractivity contribution is 5.80. The molecule has 0 bridgehead atoms. The van der Waals surface area contributed by atoms with Gasteiger partial charge in [0, 0.05) is 52.3 Å². The standard InChI is InChI=1S/C22H36N4O2/c1-4-23-22(26-9-8-21(16-26)17-27-3)24-13-19-6-5-7-20(12-19)15-25-10-11-28-18(2)14-25/h5-7,12,18,21H,4,8-11,13-17H2,1-3H3,(H,23,24). The first kappa shape index (κ1) is 21.1. The third kappa shape index (κ3) is 6.19. The van der Waals surface area contributed by atoms with E-state index in [1.54, 1.807) is 7.11 Å². The molecule has 2 aliphatic heterocycles. The normalized spacial score (nSPS) is 24.0. The van der Waals surface area contributed by atoms with E-state index in [0.29, 0.717) is 18.6 Å². The maximum atomic E-state index is 5.65. The summed E-state index contributed by atoms with van der Waals surface area (Å²) in [7, 11) is 1.78. The van der Waals surface area contributed by atoms with E-state index in [0.717, 1.165) is 58.4 Å². The van der Waals surface area contributed by atoms with Crippen molar-refractivity contribution < 1.29 is 9.47 Å². The second-order valence-corrected chi connectivity index (χ2v) is 7.96. The Balaban J connectivity index is 1.59. The Labute approximate surface area is 169 Å². The van der Waals surface area contributed by atoms with Crippen LogP contribution in [0.25, 0.3) is 0 Å². The highest BCUT2D eigenvalue weighted by atomic mass is 16.5. The Morgan fingerprint density at radius 3 is 2.93 bits per heavy atom. The number of guanidine groups is 1. The number of ether oxygens (including phenoxy) is 2. The van der Waals surface area contributed by atoms with Crippen LogP contribution in [0.1, 0.15) is 31.4 Å². The molecule has 2 fully saturated rings. The predicted molar refractivity (Wildman–Crippen MR) is 114 cm³/mol. The third-order valence-corrected chi connectivity index (χ3v) is 5.46. The van der Waals surface area contributed by atoms with Gasteiger partial charge >= 0.3 is 0 Å². The van der Waals surface area contributed by atoms with Crippen LogP contribution in [0.5, 0.6) is 0 Å². The smallest absolute Gasteiger partial charge is 0.194 e. The number of likely N-dealkylation sites (tertiary alicyclic amines) is 1. The lowest BCUT2D eigenvalue weighted by atomic mass is 10.1. The van der Waals surface area contributed by atoms with Gasteiger partial charge in [0.15, 0.2) is 5.96 Å². The molecule has 2 unspecified atom stereocenters. The molecule has 1 aromatic rings. The highest BCUT2D eigenvalue weighted by Crippen LogP contribution is 2.17. The van der Waals surface area contributed by atoms with Gasteiger partial charge in [-0.3, -0.25) is 4.90 Å². The fourth-order valence-corrected chi connectivity index (χ4v) is 4.11. The molecule has 1 aromatic carbocycles. The molecule has 0 aliphatic carbocycles. The average molecular weight is 389 g/mol. The molecule has 0 radical (unpaired) electrons. The summed E-state index contributed by atoms with van der Waals surface area (Å²) in [6.45, 7) is 12.6. The quantitative estimate of drug-likeness (QED) is 0.574. The number of hydrogen-bond donors (Lipinski definition) is 1. The van der Waals surface area contributed by atoms with Crippen LogP contribution in [-0.2, 0) is 22.6 Å². The zero-order valence-electron chi connectivity index (χ0n) is 17.7. The van der Waals surface area contributed by atoms with Gasteiger partial charge in [-0.1, -0.05) is 24.3 Å². The van der Waals surface area contributed by atoms with E-state index in [1.807, 2.05) is 0 Å². The van der Waals surface area contributed by atoms with Gasteiger partial charge in [-0.25, -0.2) is 4.99 Å². The summed E-state index contributed by atoms with van der Waals surface area (Å²) >= 11 is 0. The maximum absolute atomic E-state index is 5.65. The second kappa shape index (κ2) is 10.8. The van der Waals surface area contributed by atoms with Crippen LogP contribution in [0.15, 0.2) is 29.3 Å². The monoisotopic (exact) mass is 388 g/mol. The van der Waals surface area contributed by atoms with E-state index in [9.17, 15) is 0 Å². The number of hydrogen-bond acceptors (Lipinski definition) is 4. The van der Waals surface area contributed by atoms with Crippen LogP contribution in [0.4, 0.5) is 0 Å². The van der Waals surface area contributed by atoms with Crippen LogP contribution >= 0.6 is 0 Å².